The molecule has 1 fully saturated rings. The summed E-state index contributed by atoms with van der Waals surface area (Å²) in [6.07, 6.45) is -0.319. The van der Waals surface area contributed by atoms with Gasteiger partial charge in [0.15, 0.2) is 0 Å². The Labute approximate surface area is 181 Å². The number of hydrogen-bond donors (Lipinski definition) is 1. The van der Waals surface area contributed by atoms with Crippen LogP contribution in [-0.4, -0.2) is 60.3 Å². The van der Waals surface area contributed by atoms with E-state index in [-0.39, 0.29) is 24.9 Å². The largest absolute Gasteiger partial charge is 0.489 e. The van der Waals surface area contributed by atoms with Crippen LogP contribution >= 0.6 is 0 Å². The van der Waals surface area contributed by atoms with Gasteiger partial charge in [-0.05, 0) is 36.6 Å². The van der Waals surface area contributed by atoms with E-state index in [1.807, 2.05) is 0 Å². The average Bonchev–Trinajstić information content (AvgIpc) is 3.13. The SMILES string of the molecule is COC[C@@]1(C(=O)N(C)C)CC[C@H](c2ccc(OCc3ccccc3F)cc2)N1C(=O)O. The van der Waals surface area contributed by atoms with Gasteiger partial charge in [-0.25, -0.2) is 9.18 Å². The van der Waals surface area contributed by atoms with Crippen molar-refractivity contribution in [1.82, 2.24) is 9.80 Å². The number of likely N-dealkylation sites (tertiary alicyclic amines) is 1. The number of hydrogen-bond acceptors (Lipinski definition) is 4. The van der Waals surface area contributed by atoms with Crippen LogP contribution in [-0.2, 0) is 16.1 Å². The molecular formula is C23H27FN2O5. The van der Waals surface area contributed by atoms with Gasteiger partial charge in [0.25, 0.3) is 5.91 Å². The van der Waals surface area contributed by atoms with E-state index in [0.29, 0.717) is 24.2 Å². The summed E-state index contributed by atoms with van der Waals surface area (Å²) in [6.45, 7) is 0.0711. The van der Waals surface area contributed by atoms with E-state index in [9.17, 15) is 19.1 Å². The van der Waals surface area contributed by atoms with Crippen LogP contribution in [0.1, 0.15) is 30.0 Å². The topological polar surface area (TPSA) is 79.3 Å². The van der Waals surface area contributed by atoms with Crippen molar-refractivity contribution in [3.05, 3.63) is 65.5 Å². The molecule has 0 radical (unpaired) electrons. The van der Waals surface area contributed by atoms with Crippen LogP contribution < -0.4 is 4.74 Å². The lowest BCUT2D eigenvalue weighted by molar-refractivity contribution is -0.143. The van der Waals surface area contributed by atoms with Crippen molar-refractivity contribution in [3.8, 4) is 5.75 Å². The number of carbonyl (C=O) groups excluding carboxylic acids is 1. The van der Waals surface area contributed by atoms with Crippen molar-refractivity contribution in [2.24, 2.45) is 0 Å². The Balaban J connectivity index is 1.80. The van der Waals surface area contributed by atoms with E-state index in [1.165, 1.54) is 23.0 Å². The standard InChI is InChI=1S/C23H27FN2O5/c1-25(2)21(27)23(15-30-3)13-12-20(26(23)22(28)29)16-8-10-18(11-9-16)31-14-17-6-4-5-7-19(17)24/h4-11,20H,12-15H2,1-3H3,(H,28,29)/t20-,23-/m1/s1. The molecular weight excluding hydrogens is 403 g/mol. The fraction of sp³-hybridized carbons (Fsp3) is 0.391. The minimum atomic E-state index is -1.27. The van der Waals surface area contributed by atoms with Crippen molar-refractivity contribution in [1.29, 1.82) is 0 Å². The molecule has 0 unspecified atom stereocenters. The number of amides is 2. The van der Waals surface area contributed by atoms with Gasteiger partial charge in [0.05, 0.1) is 12.6 Å². The molecule has 1 N–H and O–H groups in total. The van der Waals surface area contributed by atoms with Crippen LogP contribution in [0.25, 0.3) is 0 Å². The summed E-state index contributed by atoms with van der Waals surface area (Å²) in [5, 5.41) is 9.97. The Bertz CT molecular complexity index is 934. The molecule has 2 aromatic rings. The van der Waals surface area contributed by atoms with E-state index in [1.54, 1.807) is 56.6 Å². The Kier molecular flexibility index (Phi) is 6.80. The predicted octanol–water partition coefficient (Wildman–Crippen LogP) is 3.69. The summed E-state index contributed by atoms with van der Waals surface area (Å²) in [5.74, 6) is -0.0919. The Morgan fingerprint density at radius 3 is 2.45 bits per heavy atom. The monoisotopic (exact) mass is 430 g/mol. The Morgan fingerprint density at radius 2 is 1.87 bits per heavy atom. The molecule has 1 heterocycles. The minimum absolute atomic E-state index is 0.0172. The first-order chi connectivity index (χ1) is 14.8. The molecule has 0 aromatic heterocycles. The van der Waals surface area contributed by atoms with Crippen LogP contribution in [0.5, 0.6) is 5.75 Å². The summed E-state index contributed by atoms with van der Waals surface area (Å²) < 4.78 is 24.7. The zero-order valence-corrected chi connectivity index (χ0v) is 17.9. The highest BCUT2D eigenvalue weighted by Gasteiger charge is 2.55. The third kappa shape index (κ3) is 4.49. The number of methoxy groups -OCH3 is 1. The van der Waals surface area contributed by atoms with Crippen molar-refractivity contribution in [2.45, 2.75) is 31.0 Å². The fourth-order valence-electron chi connectivity index (χ4n) is 4.19. The molecule has 1 aliphatic heterocycles. The molecule has 0 aliphatic carbocycles. The maximum absolute atomic E-state index is 13.8. The van der Waals surface area contributed by atoms with E-state index >= 15 is 0 Å². The molecule has 1 aliphatic rings. The number of likely N-dealkylation sites (N-methyl/N-ethyl adjacent to an activating group) is 1. The third-order valence-corrected chi connectivity index (χ3v) is 5.61. The normalized spacial score (nSPS) is 20.5. The van der Waals surface area contributed by atoms with Gasteiger partial charge in [-0.1, -0.05) is 30.3 Å². The summed E-state index contributed by atoms with van der Waals surface area (Å²) in [4.78, 5) is 27.8. The predicted molar refractivity (Wildman–Crippen MR) is 112 cm³/mol. The van der Waals surface area contributed by atoms with Crippen molar-refractivity contribution in [2.75, 3.05) is 27.8 Å². The maximum atomic E-state index is 13.8. The molecule has 31 heavy (non-hydrogen) atoms. The molecule has 7 nitrogen and oxygen atoms in total. The molecule has 1 saturated heterocycles. The molecule has 0 bridgehead atoms. The highest BCUT2D eigenvalue weighted by Crippen LogP contribution is 2.44. The number of halogens is 1. The highest BCUT2D eigenvalue weighted by atomic mass is 19.1. The van der Waals surface area contributed by atoms with Crippen LogP contribution in [0.15, 0.2) is 48.5 Å². The number of ether oxygens (including phenoxy) is 2. The van der Waals surface area contributed by atoms with Crippen LogP contribution in [0.2, 0.25) is 0 Å². The van der Waals surface area contributed by atoms with Crippen molar-refractivity contribution in [3.63, 3.8) is 0 Å². The molecule has 2 aromatic carbocycles. The minimum Gasteiger partial charge on any atom is -0.489 e. The first kappa shape index (κ1) is 22.6. The average molecular weight is 430 g/mol. The van der Waals surface area contributed by atoms with Crippen LogP contribution in [0.3, 0.4) is 0 Å². The fourth-order valence-corrected chi connectivity index (χ4v) is 4.19. The van der Waals surface area contributed by atoms with Gasteiger partial charge in [-0.2, -0.15) is 0 Å². The zero-order valence-electron chi connectivity index (χ0n) is 17.9. The molecule has 166 valence electrons. The summed E-state index contributed by atoms with van der Waals surface area (Å²) in [5.41, 5.74) is -0.0643. The number of nitrogens with zero attached hydrogens (tertiary/aromatic N) is 2. The second-order valence-electron chi connectivity index (χ2n) is 7.82. The second-order valence-corrected chi connectivity index (χ2v) is 7.82. The Hall–Kier alpha value is -3.13. The van der Waals surface area contributed by atoms with E-state index in [4.69, 9.17) is 9.47 Å². The summed E-state index contributed by atoms with van der Waals surface area (Å²) in [7, 11) is 4.67. The molecule has 0 saturated carbocycles. The molecule has 8 heteroatoms. The summed E-state index contributed by atoms with van der Waals surface area (Å²) >= 11 is 0. The van der Waals surface area contributed by atoms with Crippen molar-refractivity contribution < 1.29 is 28.6 Å². The van der Waals surface area contributed by atoms with Gasteiger partial charge in [-0.3, -0.25) is 9.69 Å². The first-order valence-corrected chi connectivity index (χ1v) is 9.99. The maximum Gasteiger partial charge on any atom is 0.408 e. The van der Waals surface area contributed by atoms with Crippen LogP contribution in [0, 0.1) is 5.82 Å². The number of rotatable bonds is 7. The second kappa shape index (κ2) is 9.34. The van der Waals surface area contributed by atoms with Gasteiger partial charge >= 0.3 is 6.09 Å². The van der Waals surface area contributed by atoms with E-state index < -0.39 is 17.7 Å². The lowest BCUT2D eigenvalue weighted by Crippen LogP contribution is -2.59. The smallest absolute Gasteiger partial charge is 0.408 e. The van der Waals surface area contributed by atoms with Crippen LogP contribution in [0.4, 0.5) is 9.18 Å². The van der Waals surface area contributed by atoms with Gasteiger partial charge in [0.2, 0.25) is 0 Å². The Morgan fingerprint density at radius 1 is 1.19 bits per heavy atom. The van der Waals surface area contributed by atoms with Gasteiger partial charge in [-0.15, -0.1) is 0 Å². The van der Waals surface area contributed by atoms with Gasteiger partial charge in [0.1, 0.15) is 23.7 Å². The number of carbonyl (C=O) groups is 2. The quantitative estimate of drug-likeness (QED) is 0.725. The van der Waals surface area contributed by atoms with E-state index in [2.05, 4.69) is 0 Å². The zero-order chi connectivity index (χ0) is 22.6. The van der Waals surface area contributed by atoms with Crippen molar-refractivity contribution >= 4 is 12.0 Å². The van der Waals surface area contributed by atoms with Gasteiger partial charge < -0.3 is 19.5 Å². The molecule has 2 atom stereocenters. The highest BCUT2D eigenvalue weighted by molar-refractivity contribution is 5.90. The summed E-state index contributed by atoms with van der Waals surface area (Å²) in [6, 6.07) is 12.9. The third-order valence-electron chi connectivity index (χ3n) is 5.61. The van der Waals surface area contributed by atoms with E-state index in [0.717, 1.165) is 5.56 Å². The number of carboxylic acid groups (broad SMARTS) is 1. The first-order valence-electron chi connectivity index (χ1n) is 9.99. The molecule has 2 amide bonds. The molecule has 0 spiro atoms. The lowest BCUT2D eigenvalue weighted by atomic mass is 9.95. The number of benzene rings is 2. The lowest BCUT2D eigenvalue weighted by Gasteiger charge is -2.39. The van der Waals surface area contributed by atoms with Gasteiger partial charge in [0, 0.05) is 26.8 Å². The molecule has 3 rings (SSSR count).